The van der Waals surface area contributed by atoms with Gasteiger partial charge in [-0.25, -0.2) is 5.01 Å². The summed E-state index contributed by atoms with van der Waals surface area (Å²) in [6.07, 6.45) is -4.54. The number of ether oxygens (including phenoxy) is 1. The minimum atomic E-state index is -4.54. The van der Waals surface area contributed by atoms with Gasteiger partial charge in [0.2, 0.25) is 5.91 Å². The third kappa shape index (κ3) is 3.16. The summed E-state index contributed by atoms with van der Waals surface area (Å²) in [5.74, 6) is 0.0891. The van der Waals surface area contributed by atoms with E-state index in [9.17, 15) is 18.0 Å². The number of fused-ring (bicyclic) bond motifs is 1. The molecule has 0 saturated carbocycles. The maximum Gasteiger partial charge on any atom is 0.409 e. The predicted octanol–water partition coefficient (Wildman–Crippen LogP) is 3.82. The summed E-state index contributed by atoms with van der Waals surface area (Å²) >= 11 is 0. The summed E-state index contributed by atoms with van der Waals surface area (Å²) in [6.45, 7) is 3.22. The molecule has 0 bridgehead atoms. The Morgan fingerprint density at radius 1 is 1.24 bits per heavy atom. The van der Waals surface area contributed by atoms with Gasteiger partial charge in [0, 0.05) is 11.9 Å². The van der Waals surface area contributed by atoms with Crippen LogP contribution in [0.15, 0.2) is 36.4 Å². The van der Waals surface area contributed by atoms with E-state index < -0.39 is 23.5 Å². The molecular formula is C18H19F3N2O2. The van der Waals surface area contributed by atoms with Gasteiger partial charge in [-0.05, 0) is 36.9 Å². The van der Waals surface area contributed by atoms with Gasteiger partial charge in [-0.3, -0.25) is 10.2 Å². The molecule has 1 saturated heterocycles. The Morgan fingerprint density at radius 2 is 1.96 bits per heavy atom. The number of nitrogens with zero attached hydrogens (tertiary/aromatic N) is 1. The fraction of sp³-hybridized carbons (Fsp3) is 0.389. The van der Waals surface area contributed by atoms with Crippen molar-refractivity contribution >= 4 is 16.7 Å². The normalized spacial score (nSPS) is 19.0. The van der Waals surface area contributed by atoms with Crippen LogP contribution in [0.4, 0.5) is 13.2 Å². The number of halogens is 3. The molecule has 0 spiro atoms. The maximum atomic E-state index is 13.8. The Kier molecular flexibility index (Phi) is 4.15. The molecule has 0 aromatic heterocycles. The molecule has 134 valence electrons. The zero-order valence-electron chi connectivity index (χ0n) is 14.1. The number of nitrogens with one attached hydrogen (secondary N) is 1. The topological polar surface area (TPSA) is 41.6 Å². The van der Waals surface area contributed by atoms with Gasteiger partial charge < -0.3 is 4.74 Å². The lowest BCUT2D eigenvalue weighted by molar-refractivity contribution is -0.191. The lowest BCUT2D eigenvalue weighted by atomic mass is 9.93. The van der Waals surface area contributed by atoms with Gasteiger partial charge in [-0.2, -0.15) is 13.2 Å². The highest BCUT2D eigenvalue weighted by Crippen LogP contribution is 2.41. The first-order valence-corrected chi connectivity index (χ1v) is 7.84. The van der Waals surface area contributed by atoms with Crippen molar-refractivity contribution in [1.82, 2.24) is 10.4 Å². The highest BCUT2D eigenvalue weighted by atomic mass is 19.4. The van der Waals surface area contributed by atoms with Crippen LogP contribution in [0.2, 0.25) is 0 Å². The molecule has 25 heavy (non-hydrogen) atoms. The molecule has 0 radical (unpaired) electrons. The smallest absolute Gasteiger partial charge is 0.409 e. The minimum absolute atomic E-state index is 0.0278. The number of amides is 1. The van der Waals surface area contributed by atoms with Crippen LogP contribution < -0.4 is 10.2 Å². The van der Waals surface area contributed by atoms with Crippen molar-refractivity contribution in [2.75, 3.05) is 13.7 Å². The van der Waals surface area contributed by atoms with E-state index in [0.717, 1.165) is 10.4 Å². The number of carbonyl (C=O) groups excluding carboxylic acids is 1. The summed E-state index contributed by atoms with van der Waals surface area (Å²) in [6, 6.07) is 7.93. The van der Waals surface area contributed by atoms with Crippen LogP contribution in [0, 0.1) is 5.41 Å². The Labute approximate surface area is 143 Å². The lowest BCUT2D eigenvalue weighted by Gasteiger charge is -2.30. The molecule has 7 heteroatoms. The Balaban J connectivity index is 2.09. The van der Waals surface area contributed by atoms with Crippen molar-refractivity contribution in [3.63, 3.8) is 0 Å². The van der Waals surface area contributed by atoms with Crippen molar-refractivity contribution in [3.8, 4) is 5.75 Å². The summed E-state index contributed by atoms with van der Waals surface area (Å²) in [4.78, 5) is 11.9. The monoisotopic (exact) mass is 352 g/mol. The Morgan fingerprint density at radius 3 is 2.52 bits per heavy atom. The minimum Gasteiger partial charge on any atom is -0.496 e. The second-order valence-electron chi connectivity index (χ2n) is 6.84. The molecule has 1 heterocycles. The first-order chi connectivity index (χ1) is 11.6. The lowest BCUT2D eigenvalue weighted by Crippen LogP contribution is -2.43. The van der Waals surface area contributed by atoms with Gasteiger partial charge in [0.25, 0.3) is 0 Å². The van der Waals surface area contributed by atoms with E-state index in [1.807, 2.05) is 6.07 Å². The summed E-state index contributed by atoms with van der Waals surface area (Å²) in [5.41, 5.74) is 1.55. The number of hydrazine groups is 1. The van der Waals surface area contributed by atoms with Crippen molar-refractivity contribution in [2.45, 2.75) is 26.1 Å². The highest BCUT2D eigenvalue weighted by molar-refractivity contribution is 5.89. The number of benzene rings is 2. The second kappa shape index (κ2) is 5.91. The summed E-state index contributed by atoms with van der Waals surface area (Å²) in [7, 11) is 1.48. The average Bonchev–Trinajstić information content (AvgIpc) is 2.78. The number of rotatable bonds is 3. The molecular weight excluding hydrogens is 333 g/mol. The molecule has 0 aliphatic carbocycles. The fourth-order valence-electron chi connectivity index (χ4n) is 3.13. The van der Waals surface area contributed by atoms with Crippen LogP contribution in [0.5, 0.6) is 5.75 Å². The second-order valence-corrected chi connectivity index (χ2v) is 6.84. The molecule has 1 aliphatic heterocycles. The summed E-state index contributed by atoms with van der Waals surface area (Å²) < 4.78 is 46.6. The maximum absolute atomic E-state index is 13.8. The van der Waals surface area contributed by atoms with E-state index in [-0.39, 0.29) is 12.1 Å². The Hall–Kier alpha value is -2.28. The van der Waals surface area contributed by atoms with Gasteiger partial charge in [-0.15, -0.1) is 0 Å². The van der Waals surface area contributed by atoms with Crippen LogP contribution in [0.1, 0.15) is 25.5 Å². The first-order valence-electron chi connectivity index (χ1n) is 7.84. The van der Waals surface area contributed by atoms with Crippen molar-refractivity contribution < 1.29 is 22.7 Å². The first kappa shape index (κ1) is 17.5. The van der Waals surface area contributed by atoms with Crippen LogP contribution >= 0.6 is 0 Å². The molecule has 2 aromatic rings. The molecule has 4 nitrogen and oxygen atoms in total. The van der Waals surface area contributed by atoms with E-state index in [4.69, 9.17) is 4.74 Å². The van der Waals surface area contributed by atoms with Gasteiger partial charge in [0.15, 0.2) is 0 Å². The molecule has 1 fully saturated rings. The molecule has 1 N–H and O–H groups in total. The molecule has 3 rings (SSSR count). The number of hydrogen-bond acceptors (Lipinski definition) is 3. The number of hydrogen-bond donors (Lipinski definition) is 1. The van der Waals surface area contributed by atoms with Crippen LogP contribution in [0.3, 0.4) is 0 Å². The molecule has 1 amide bonds. The zero-order valence-corrected chi connectivity index (χ0v) is 14.1. The van der Waals surface area contributed by atoms with Gasteiger partial charge in [-0.1, -0.05) is 24.3 Å². The standard InChI is InChI=1S/C18H19F3N2O2/c1-17(2)10-23(22-16(17)24)15(18(19,20)21)12-8-7-11-5-4-6-14(25-3)13(11)9-12/h4-9,15H,10H2,1-3H3,(H,22,24)/t15-/m0/s1. The third-order valence-electron chi connectivity index (χ3n) is 4.45. The third-order valence-corrected chi connectivity index (χ3v) is 4.45. The highest BCUT2D eigenvalue weighted by Gasteiger charge is 2.51. The van der Waals surface area contributed by atoms with Crippen LogP contribution in [0.25, 0.3) is 10.8 Å². The largest absolute Gasteiger partial charge is 0.496 e. The van der Waals surface area contributed by atoms with E-state index in [0.29, 0.717) is 11.1 Å². The van der Waals surface area contributed by atoms with Crippen molar-refractivity contribution in [1.29, 1.82) is 0 Å². The SMILES string of the molecule is COc1cccc2ccc([C@H](N3CC(C)(C)C(=O)N3)C(F)(F)F)cc12. The van der Waals surface area contributed by atoms with Crippen LogP contribution in [-0.4, -0.2) is 30.7 Å². The van der Waals surface area contributed by atoms with E-state index >= 15 is 0 Å². The zero-order chi connectivity index (χ0) is 18.4. The van der Waals surface area contributed by atoms with E-state index in [1.54, 1.807) is 32.0 Å². The van der Waals surface area contributed by atoms with Gasteiger partial charge >= 0.3 is 6.18 Å². The number of methoxy groups -OCH3 is 1. The molecule has 0 unspecified atom stereocenters. The van der Waals surface area contributed by atoms with Gasteiger partial charge in [0.1, 0.15) is 11.8 Å². The van der Waals surface area contributed by atoms with Crippen molar-refractivity contribution in [3.05, 3.63) is 42.0 Å². The van der Waals surface area contributed by atoms with Crippen molar-refractivity contribution in [2.24, 2.45) is 5.41 Å². The summed E-state index contributed by atoms with van der Waals surface area (Å²) in [5, 5.41) is 2.36. The predicted molar refractivity (Wildman–Crippen MR) is 87.9 cm³/mol. The number of alkyl halides is 3. The average molecular weight is 352 g/mol. The molecule has 2 aromatic carbocycles. The van der Waals surface area contributed by atoms with E-state index in [2.05, 4.69) is 5.43 Å². The fourth-order valence-corrected chi connectivity index (χ4v) is 3.13. The van der Waals surface area contributed by atoms with E-state index in [1.165, 1.54) is 19.2 Å². The Bertz CT molecular complexity index is 818. The number of carbonyl (C=O) groups is 1. The molecule has 1 aliphatic rings. The van der Waals surface area contributed by atoms with Gasteiger partial charge in [0.05, 0.1) is 12.5 Å². The van der Waals surface area contributed by atoms with Crippen LogP contribution in [-0.2, 0) is 4.79 Å². The quantitative estimate of drug-likeness (QED) is 0.913. The molecule has 1 atom stereocenters.